The standard InChI is InChI=1S/C16H16FNO3S/c17-13-4-2-12(3-5-13)14(9-16(20)21)18-15(19)6-1-11-7-8-22-10-11/h2-5,7-8,10,14H,1,6,9H2,(H,18,19)(H,20,21)/t14-/m0/s1. The van der Waals surface area contributed by atoms with Gasteiger partial charge >= 0.3 is 5.97 Å². The molecule has 0 aliphatic carbocycles. The number of aliphatic carboxylic acids is 1. The largest absolute Gasteiger partial charge is 0.481 e. The molecule has 0 aliphatic heterocycles. The highest BCUT2D eigenvalue weighted by molar-refractivity contribution is 7.07. The number of amides is 1. The summed E-state index contributed by atoms with van der Waals surface area (Å²) in [6, 6.07) is 6.77. The lowest BCUT2D eigenvalue weighted by atomic mass is 10.0. The van der Waals surface area contributed by atoms with Crippen LogP contribution in [0.4, 0.5) is 4.39 Å². The highest BCUT2D eigenvalue weighted by Gasteiger charge is 2.18. The molecule has 2 N–H and O–H groups in total. The monoisotopic (exact) mass is 321 g/mol. The lowest BCUT2D eigenvalue weighted by Gasteiger charge is -2.17. The second kappa shape index (κ2) is 7.70. The molecule has 4 nitrogen and oxygen atoms in total. The Balaban J connectivity index is 1.98. The Hall–Kier alpha value is -2.21. The first-order valence-electron chi connectivity index (χ1n) is 6.82. The van der Waals surface area contributed by atoms with E-state index in [2.05, 4.69) is 5.32 Å². The molecule has 1 aromatic heterocycles. The Labute approximate surface area is 131 Å². The van der Waals surface area contributed by atoms with Crippen molar-refractivity contribution in [2.45, 2.75) is 25.3 Å². The zero-order chi connectivity index (χ0) is 15.9. The van der Waals surface area contributed by atoms with Crippen LogP contribution in [-0.2, 0) is 16.0 Å². The fourth-order valence-electron chi connectivity index (χ4n) is 2.08. The van der Waals surface area contributed by atoms with Crippen molar-refractivity contribution in [3.05, 3.63) is 58.0 Å². The average Bonchev–Trinajstić information content (AvgIpc) is 2.98. The molecule has 0 spiro atoms. The van der Waals surface area contributed by atoms with E-state index in [1.165, 1.54) is 24.3 Å². The lowest BCUT2D eigenvalue weighted by Crippen LogP contribution is -2.30. The van der Waals surface area contributed by atoms with Gasteiger partial charge in [0.25, 0.3) is 0 Å². The Morgan fingerprint density at radius 1 is 1.23 bits per heavy atom. The van der Waals surface area contributed by atoms with Crippen molar-refractivity contribution in [2.24, 2.45) is 0 Å². The first-order valence-corrected chi connectivity index (χ1v) is 7.76. The molecule has 0 saturated heterocycles. The minimum atomic E-state index is -1.02. The van der Waals surface area contributed by atoms with Crippen LogP contribution in [0, 0.1) is 5.82 Å². The van der Waals surface area contributed by atoms with E-state index >= 15 is 0 Å². The van der Waals surface area contributed by atoms with Crippen LogP contribution in [0.3, 0.4) is 0 Å². The summed E-state index contributed by atoms with van der Waals surface area (Å²) in [7, 11) is 0. The van der Waals surface area contributed by atoms with Crippen LogP contribution in [0.5, 0.6) is 0 Å². The maximum Gasteiger partial charge on any atom is 0.305 e. The van der Waals surface area contributed by atoms with Gasteiger partial charge in [0, 0.05) is 6.42 Å². The summed E-state index contributed by atoms with van der Waals surface area (Å²) in [5, 5.41) is 15.6. The lowest BCUT2D eigenvalue weighted by molar-refractivity contribution is -0.137. The molecule has 2 aromatic rings. The molecule has 0 saturated carbocycles. The minimum absolute atomic E-state index is 0.221. The number of carbonyl (C=O) groups excluding carboxylic acids is 1. The molecule has 0 aliphatic rings. The summed E-state index contributed by atoms with van der Waals surface area (Å²) >= 11 is 1.57. The number of aryl methyl sites for hydroxylation is 1. The minimum Gasteiger partial charge on any atom is -0.481 e. The second-order valence-electron chi connectivity index (χ2n) is 4.90. The van der Waals surface area contributed by atoms with Crippen molar-refractivity contribution in [3.8, 4) is 0 Å². The van der Waals surface area contributed by atoms with Crippen molar-refractivity contribution in [3.63, 3.8) is 0 Å². The molecule has 1 atom stereocenters. The molecular weight excluding hydrogens is 305 g/mol. The second-order valence-corrected chi connectivity index (χ2v) is 5.68. The van der Waals surface area contributed by atoms with Gasteiger partial charge in [-0.2, -0.15) is 11.3 Å². The van der Waals surface area contributed by atoms with E-state index in [-0.39, 0.29) is 18.7 Å². The van der Waals surface area contributed by atoms with Crippen molar-refractivity contribution in [2.75, 3.05) is 0 Å². The number of nitrogens with one attached hydrogen (secondary N) is 1. The topological polar surface area (TPSA) is 66.4 Å². The van der Waals surface area contributed by atoms with E-state index in [1.54, 1.807) is 11.3 Å². The maximum atomic E-state index is 13.0. The van der Waals surface area contributed by atoms with Gasteiger partial charge in [-0.1, -0.05) is 12.1 Å². The number of carboxylic acids is 1. The van der Waals surface area contributed by atoms with Gasteiger partial charge in [-0.05, 0) is 46.5 Å². The molecule has 0 fully saturated rings. The van der Waals surface area contributed by atoms with Gasteiger partial charge in [0.15, 0.2) is 0 Å². The van der Waals surface area contributed by atoms with Crippen molar-refractivity contribution in [1.82, 2.24) is 5.32 Å². The van der Waals surface area contributed by atoms with Crippen LogP contribution in [0.2, 0.25) is 0 Å². The normalized spacial score (nSPS) is 11.9. The predicted octanol–water partition coefficient (Wildman–Crippen LogP) is 3.15. The zero-order valence-electron chi connectivity index (χ0n) is 11.8. The molecule has 1 aromatic carbocycles. The first-order chi connectivity index (χ1) is 10.5. The molecule has 2 rings (SSSR count). The summed E-state index contributed by atoms with van der Waals surface area (Å²) in [5.41, 5.74) is 1.66. The van der Waals surface area contributed by atoms with Gasteiger partial charge in [0.1, 0.15) is 5.82 Å². The summed E-state index contributed by atoms with van der Waals surface area (Å²) in [4.78, 5) is 22.9. The average molecular weight is 321 g/mol. The molecule has 0 bridgehead atoms. The van der Waals surface area contributed by atoms with Crippen LogP contribution >= 0.6 is 11.3 Å². The number of carboxylic acid groups (broad SMARTS) is 1. The van der Waals surface area contributed by atoms with Crippen LogP contribution in [0.1, 0.15) is 30.0 Å². The van der Waals surface area contributed by atoms with E-state index in [0.717, 1.165) is 5.56 Å². The number of carbonyl (C=O) groups is 2. The van der Waals surface area contributed by atoms with Crippen LogP contribution in [-0.4, -0.2) is 17.0 Å². The zero-order valence-corrected chi connectivity index (χ0v) is 12.6. The smallest absolute Gasteiger partial charge is 0.305 e. The molecule has 1 amide bonds. The number of halogens is 1. The summed E-state index contributed by atoms with van der Waals surface area (Å²) in [6.45, 7) is 0. The Morgan fingerprint density at radius 2 is 1.95 bits per heavy atom. The number of thiophene rings is 1. The van der Waals surface area contributed by atoms with E-state index in [0.29, 0.717) is 12.0 Å². The van der Waals surface area contributed by atoms with Gasteiger partial charge in [-0.25, -0.2) is 4.39 Å². The Kier molecular flexibility index (Phi) is 5.66. The quantitative estimate of drug-likeness (QED) is 0.823. The number of hydrogen-bond acceptors (Lipinski definition) is 3. The van der Waals surface area contributed by atoms with Gasteiger partial charge in [-0.15, -0.1) is 0 Å². The van der Waals surface area contributed by atoms with Crippen LogP contribution in [0.15, 0.2) is 41.1 Å². The number of hydrogen-bond donors (Lipinski definition) is 2. The van der Waals surface area contributed by atoms with Crippen molar-refractivity contribution in [1.29, 1.82) is 0 Å². The van der Waals surface area contributed by atoms with E-state index in [1.807, 2.05) is 16.8 Å². The van der Waals surface area contributed by atoms with E-state index < -0.39 is 17.8 Å². The summed E-state index contributed by atoms with van der Waals surface area (Å²) in [6.07, 6.45) is 0.655. The number of benzene rings is 1. The third-order valence-electron chi connectivity index (χ3n) is 3.21. The van der Waals surface area contributed by atoms with Gasteiger partial charge in [-0.3, -0.25) is 9.59 Å². The van der Waals surface area contributed by atoms with E-state index in [4.69, 9.17) is 5.11 Å². The molecular formula is C16H16FNO3S. The summed E-state index contributed by atoms with van der Waals surface area (Å²) < 4.78 is 13.0. The highest BCUT2D eigenvalue weighted by Crippen LogP contribution is 2.18. The fourth-order valence-corrected chi connectivity index (χ4v) is 2.78. The predicted molar refractivity (Wildman–Crippen MR) is 82.2 cm³/mol. The number of rotatable bonds is 7. The molecule has 0 radical (unpaired) electrons. The van der Waals surface area contributed by atoms with Crippen molar-refractivity contribution < 1.29 is 19.1 Å². The van der Waals surface area contributed by atoms with Crippen LogP contribution < -0.4 is 5.32 Å². The Morgan fingerprint density at radius 3 is 2.55 bits per heavy atom. The highest BCUT2D eigenvalue weighted by atomic mass is 32.1. The first kappa shape index (κ1) is 16.2. The molecule has 6 heteroatoms. The summed E-state index contributed by atoms with van der Waals surface area (Å²) in [5.74, 6) is -1.64. The van der Waals surface area contributed by atoms with Gasteiger partial charge < -0.3 is 10.4 Å². The Bertz CT molecular complexity index is 625. The fraction of sp³-hybridized carbons (Fsp3) is 0.250. The van der Waals surface area contributed by atoms with Gasteiger partial charge in [0.2, 0.25) is 5.91 Å². The van der Waals surface area contributed by atoms with Crippen LogP contribution in [0.25, 0.3) is 0 Å². The molecule has 22 heavy (non-hydrogen) atoms. The van der Waals surface area contributed by atoms with Crippen molar-refractivity contribution >= 4 is 23.2 Å². The van der Waals surface area contributed by atoms with E-state index in [9.17, 15) is 14.0 Å². The molecule has 0 unspecified atom stereocenters. The molecule has 1 heterocycles. The van der Waals surface area contributed by atoms with Gasteiger partial charge in [0.05, 0.1) is 12.5 Å². The molecule has 116 valence electrons. The third-order valence-corrected chi connectivity index (χ3v) is 3.94. The maximum absolute atomic E-state index is 13.0. The SMILES string of the molecule is O=C(O)C[C@H](NC(=O)CCc1ccsc1)c1ccc(F)cc1. The third kappa shape index (κ3) is 4.96.